The molecule has 1 saturated carbocycles. The van der Waals surface area contributed by atoms with E-state index in [1.54, 1.807) is 18.2 Å². The van der Waals surface area contributed by atoms with E-state index in [1.165, 1.54) is 0 Å². The number of fused-ring (bicyclic) bond motifs is 1. The van der Waals surface area contributed by atoms with Crippen LogP contribution in [0.4, 0.5) is 5.69 Å². The fraction of sp³-hybridized carbons (Fsp3) is 0.562. The maximum Gasteiger partial charge on any atom is 0.240 e. The lowest BCUT2D eigenvalue weighted by Gasteiger charge is -2.32. The number of amides is 1. The summed E-state index contributed by atoms with van der Waals surface area (Å²) < 4.78 is 27.9. The summed E-state index contributed by atoms with van der Waals surface area (Å²) >= 11 is 0. The molecule has 0 unspecified atom stereocenters. The number of sulfonamides is 1. The quantitative estimate of drug-likeness (QED) is 0.898. The van der Waals surface area contributed by atoms with Crippen LogP contribution in [0.25, 0.3) is 0 Å². The molecule has 0 atom stereocenters. The van der Waals surface area contributed by atoms with Gasteiger partial charge in [-0.3, -0.25) is 4.79 Å². The summed E-state index contributed by atoms with van der Waals surface area (Å²) in [4.78, 5) is 12.0. The van der Waals surface area contributed by atoms with Crippen LogP contribution in [0.1, 0.15) is 51.5 Å². The Morgan fingerprint density at radius 1 is 1.23 bits per heavy atom. The Labute approximate surface area is 131 Å². The number of hydrogen-bond donors (Lipinski definition) is 2. The second-order valence-electron chi connectivity index (χ2n) is 6.92. The third-order valence-electron chi connectivity index (χ3n) is 4.58. The Bertz CT molecular complexity index is 704. The summed E-state index contributed by atoms with van der Waals surface area (Å²) in [5.74, 6) is -0.0304. The van der Waals surface area contributed by atoms with Gasteiger partial charge in [-0.05, 0) is 36.6 Å². The lowest BCUT2D eigenvalue weighted by Crippen LogP contribution is -2.35. The highest BCUT2D eigenvalue weighted by molar-refractivity contribution is 7.89. The zero-order valence-corrected chi connectivity index (χ0v) is 13.8. The van der Waals surface area contributed by atoms with Crippen LogP contribution in [0.2, 0.25) is 0 Å². The summed E-state index contributed by atoms with van der Waals surface area (Å²) in [7, 11) is -3.50. The second kappa shape index (κ2) is 5.35. The van der Waals surface area contributed by atoms with Gasteiger partial charge in [0.15, 0.2) is 0 Å². The van der Waals surface area contributed by atoms with Crippen LogP contribution in [-0.2, 0) is 20.2 Å². The van der Waals surface area contributed by atoms with Crippen LogP contribution in [0.3, 0.4) is 0 Å². The number of rotatable bonds is 3. The topological polar surface area (TPSA) is 75.3 Å². The summed E-state index contributed by atoms with van der Waals surface area (Å²) in [5, 5.41) is 2.81. The molecule has 2 aliphatic rings. The highest BCUT2D eigenvalue weighted by Crippen LogP contribution is 2.38. The van der Waals surface area contributed by atoms with E-state index in [2.05, 4.69) is 10.0 Å². The largest absolute Gasteiger partial charge is 0.326 e. The van der Waals surface area contributed by atoms with Crippen molar-refractivity contribution in [3.05, 3.63) is 23.8 Å². The van der Waals surface area contributed by atoms with E-state index in [4.69, 9.17) is 0 Å². The first-order chi connectivity index (χ1) is 10.3. The predicted molar refractivity (Wildman–Crippen MR) is 85.3 cm³/mol. The maximum atomic E-state index is 12.6. The van der Waals surface area contributed by atoms with Crippen LogP contribution in [0.5, 0.6) is 0 Å². The fourth-order valence-corrected chi connectivity index (χ4v) is 4.71. The van der Waals surface area contributed by atoms with E-state index in [0.717, 1.165) is 31.2 Å². The number of hydrogen-bond acceptors (Lipinski definition) is 3. The molecule has 120 valence electrons. The van der Waals surface area contributed by atoms with Crippen LogP contribution in [-0.4, -0.2) is 20.4 Å². The van der Waals surface area contributed by atoms with Crippen LogP contribution < -0.4 is 10.0 Å². The van der Waals surface area contributed by atoms with E-state index in [0.29, 0.717) is 12.1 Å². The molecule has 0 aromatic heterocycles. The molecule has 5 nitrogen and oxygen atoms in total. The van der Waals surface area contributed by atoms with Crippen LogP contribution >= 0.6 is 0 Å². The molecule has 0 spiro atoms. The standard InChI is InChI=1S/C16H22N2O3S/c1-16(2)10-15(19)17-14-8-7-12(9-13(14)16)22(20,21)18-11-5-3-4-6-11/h7-9,11,18H,3-6,10H2,1-2H3,(H,17,19). The average Bonchev–Trinajstić information content (AvgIpc) is 2.89. The fourth-order valence-electron chi connectivity index (χ4n) is 3.38. The van der Waals surface area contributed by atoms with Crippen molar-refractivity contribution in [1.82, 2.24) is 4.72 Å². The van der Waals surface area contributed by atoms with Gasteiger partial charge in [0.25, 0.3) is 0 Å². The normalized spacial score (nSPS) is 21.5. The molecule has 1 heterocycles. The van der Waals surface area contributed by atoms with Crippen molar-refractivity contribution in [3.63, 3.8) is 0 Å². The zero-order valence-electron chi connectivity index (χ0n) is 13.0. The van der Waals surface area contributed by atoms with Gasteiger partial charge in [-0.1, -0.05) is 26.7 Å². The molecule has 2 N–H and O–H groups in total. The maximum absolute atomic E-state index is 12.6. The summed E-state index contributed by atoms with van der Waals surface area (Å²) in [6.07, 6.45) is 4.34. The molecule has 6 heteroatoms. The van der Waals surface area contributed by atoms with E-state index in [-0.39, 0.29) is 22.3 Å². The lowest BCUT2D eigenvalue weighted by atomic mass is 9.78. The highest BCUT2D eigenvalue weighted by atomic mass is 32.2. The van der Waals surface area contributed by atoms with Crippen LogP contribution in [0.15, 0.2) is 23.1 Å². The highest BCUT2D eigenvalue weighted by Gasteiger charge is 2.33. The first kappa shape index (κ1) is 15.5. The van der Waals surface area contributed by atoms with Crippen molar-refractivity contribution in [1.29, 1.82) is 0 Å². The number of benzene rings is 1. The molecule has 1 amide bonds. The van der Waals surface area contributed by atoms with Crippen molar-refractivity contribution in [2.45, 2.75) is 62.3 Å². The van der Waals surface area contributed by atoms with Gasteiger partial charge in [-0.15, -0.1) is 0 Å². The van der Waals surface area contributed by atoms with Gasteiger partial charge in [-0.2, -0.15) is 0 Å². The van der Waals surface area contributed by atoms with Crippen molar-refractivity contribution in [2.75, 3.05) is 5.32 Å². The predicted octanol–water partition coefficient (Wildman–Crippen LogP) is 2.53. The first-order valence-corrected chi connectivity index (χ1v) is 9.23. The average molecular weight is 322 g/mol. The molecule has 1 aromatic carbocycles. The van der Waals surface area contributed by atoms with Crippen molar-refractivity contribution < 1.29 is 13.2 Å². The van der Waals surface area contributed by atoms with Gasteiger partial charge in [0.2, 0.25) is 15.9 Å². The van der Waals surface area contributed by atoms with E-state index >= 15 is 0 Å². The van der Waals surface area contributed by atoms with Gasteiger partial charge in [0, 0.05) is 23.6 Å². The number of anilines is 1. The molecule has 1 fully saturated rings. The summed E-state index contributed by atoms with van der Waals surface area (Å²) in [6.45, 7) is 3.93. The number of carbonyl (C=O) groups excluding carboxylic acids is 1. The van der Waals surface area contributed by atoms with Gasteiger partial charge in [0.05, 0.1) is 4.90 Å². The Hall–Kier alpha value is -1.40. The molecule has 1 aromatic rings. The Morgan fingerprint density at radius 3 is 2.59 bits per heavy atom. The smallest absolute Gasteiger partial charge is 0.240 e. The molecule has 3 rings (SSSR count). The molecule has 0 radical (unpaired) electrons. The molecule has 0 bridgehead atoms. The minimum atomic E-state index is -3.50. The van der Waals surface area contributed by atoms with Crippen molar-refractivity contribution in [2.24, 2.45) is 0 Å². The van der Waals surface area contributed by atoms with Crippen molar-refractivity contribution in [3.8, 4) is 0 Å². The number of carbonyl (C=O) groups is 1. The minimum Gasteiger partial charge on any atom is -0.326 e. The van der Waals surface area contributed by atoms with E-state index in [9.17, 15) is 13.2 Å². The molecule has 22 heavy (non-hydrogen) atoms. The third-order valence-corrected chi connectivity index (χ3v) is 6.10. The van der Waals surface area contributed by atoms with Crippen molar-refractivity contribution >= 4 is 21.6 Å². The molecule has 1 aliphatic carbocycles. The Balaban J connectivity index is 1.94. The molecule has 1 aliphatic heterocycles. The minimum absolute atomic E-state index is 0.0304. The van der Waals surface area contributed by atoms with Gasteiger partial charge in [0.1, 0.15) is 0 Å². The lowest BCUT2D eigenvalue weighted by molar-refractivity contribution is -0.117. The van der Waals surface area contributed by atoms with Crippen LogP contribution in [0, 0.1) is 0 Å². The molecular weight excluding hydrogens is 300 g/mol. The Kier molecular flexibility index (Phi) is 3.77. The number of nitrogens with one attached hydrogen (secondary N) is 2. The van der Waals surface area contributed by atoms with E-state index in [1.807, 2.05) is 13.8 Å². The Morgan fingerprint density at radius 2 is 1.91 bits per heavy atom. The zero-order chi connectivity index (χ0) is 16.0. The molecule has 0 saturated heterocycles. The van der Waals surface area contributed by atoms with Gasteiger partial charge in [-0.25, -0.2) is 13.1 Å². The van der Waals surface area contributed by atoms with Gasteiger partial charge >= 0.3 is 0 Å². The summed E-state index contributed by atoms with van der Waals surface area (Å²) in [5.41, 5.74) is 1.22. The first-order valence-electron chi connectivity index (χ1n) is 7.75. The molecular formula is C16H22N2O3S. The second-order valence-corrected chi connectivity index (χ2v) is 8.63. The third kappa shape index (κ3) is 2.90. The van der Waals surface area contributed by atoms with Gasteiger partial charge < -0.3 is 5.32 Å². The SMILES string of the molecule is CC1(C)CC(=O)Nc2ccc(S(=O)(=O)NC3CCCC3)cc21. The monoisotopic (exact) mass is 322 g/mol. The summed E-state index contributed by atoms with van der Waals surface area (Å²) in [6, 6.07) is 5.01. The van der Waals surface area contributed by atoms with E-state index < -0.39 is 10.0 Å².